The van der Waals surface area contributed by atoms with Crippen LogP contribution in [0.3, 0.4) is 0 Å². The lowest BCUT2D eigenvalue weighted by Gasteiger charge is -2.07. The first-order valence-electron chi connectivity index (χ1n) is 5.88. The highest BCUT2D eigenvalue weighted by atomic mass is 35.5. The Hall–Kier alpha value is -1.57. The van der Waals surface area contributed by atoms with Gasteiger partial charge in [0.1, 0.15) is 11.6 Å². The molecule has 0 fully saturated rings. The smallest absolute Gasteiger partial charge is 0.216 e. The maximum atomic E-state index is 13.3. The lowest BCUT2D eigenvalue weighted by atomic mass is 10.2. The van der Waals surface area contributed by atoms with Gasteiger partial charge in [0.15, 0.2) is 0 Å². The molecule has 1 aromatic heterocycles. The second-order valence-corrected chi connectivity index (χ2v) is 6.47. The predicted molar refractivity (Wildman–Crippen MR) is 75.1 cm³/mol. The first-order chi connectivity index (χ1) is 9.87. The van der Waals surface area contributed by atoms with E-state index in [-0.39, 0.29) is 23.0 Å². The van der Waals surface area contributed by atoms with Crippen LogP contribution in [-0.2, 0) is 22.3 Å². The highest BCUT2D eigenvalue weighted by Gasteiger charge is 2.14. The monoisotopic (exact) mass is 332 g/mol. The van der Waals surface area contributed by atoms with Gasteiger partial charge < -0.3 is 0 Å². The van der Waals surface area contributed by atoms with Gasteiger partial charge in [-0.15, -0.1) is 0 Å². The molecule has 0 aliphatic heterocycles. The van der Waals surface area contributed by atoms with Crippen LogP contribution in [0.1, 0.15) is 11.3 Å². The summed E-state index contributed by atoms with van der Waals surface area (Å²) in [5, 5.41) is -0.154. The van der Waals surface area contributed by atoms with E-state index in [1.807, 2.05) is 0 Å². The molecule has 0 aliphatic carbocycles. The van der Waals surface area contributed by atoms with E-state index >= 15 is 0 Å². The summed E-state index contributed by atoms with van der Waals surface area (Å²) < 4.78 is 52.3. The molecule has 0 radical (unpaired) electrons. The second kappa shape index (κ2) is 6.46. The Labute approximate surface area is 125 Å². The molecule has 1 aromatic carbocycles. The molecular weight excluding hydrogens is 322 g/mol. The van der Waals surface area contributed by atoms with Crippen LogP contribution in [0.4, 0.5) is 8.78 Å². The van der Waals surface area contributed by atoms with Crippen LogP contribution in [0.2, 0.25) is 5.02 Å². The molecule has 0 unspecified atom stereocenters. The van der Waals surface area contributed by atoms with Gasteiger partial charge in [-0.25, -0.2) is 21.9 Å². The summed E-state index contributed by atoms with van der Waals surface area (Å²) in [5.41, 5.74) is 0.327. The summed E-state index contributed by atoms with van der Waals surface area (Å²) in [4.78, 5) is 3.74. The molecule has 4 nitrogen and oxygen atoms in total. The largest absolute Gasteiger partial charge is 0.257 e. The average molecular weight is 333 g/mol. The minimum absolute atomic E-state index is 0.00165. The van der Waals surface area contributed by atoms with E-state index in [9.17, 15) is 17.2 Å². The number of nitrogens with one attached hydrogen (secondary N) is 1. The molecule has 0 aliphatic rings. The number of nitrogens with zero attached hydrogens (tertiary/aromatic N) is 1. The van der Waals surface area contributed by atoms with E-state index in [4.69, 9.17) is 11.6 Å². The van der Waals surface area contributed by atoms with E-state index in [1.165, 1.54) is 30.5 Å². The van der Waals surface area contributed by atoms with Crippen molar-refractivity contribution in [3.05, 3.63) is 64.4 Å². The zero-order valence-corrected chi connectivity index (χ0v) is 12.3. The van der Waals surface area contributed by atoms with E-state index in [1.54, 1.807) is 0 Å². The van der Waals surface area contributed by atoms with Gasteiger partial charge in [0.25, 0.3) is 0 Å². The quantitative estimate of drug-likeness (QED) is 0.915. The molecule has 8 heteroatoms. The topological polar surface area (TPSA) is 59.1 Å². The number of halogens is 3. The fourth-order valence-electron chi connectivity index (χ4n) is 1.63. The molecule has 0 bridgehead atoms. The Morgan fingerprint density at radius 2 is 1.95 bits per heavy atom. The minimum Gasteiger partial charge on any atom is -0.257 e. The predicted octanol–water partition coefficient (Wildman–Crippen LogP) is 2.63. The number of aromatic nitrogens is 1. The molecular formula is C13H11ClF2N2O2S. The zero-order chi connectivity index (χ0) is 15.5. The lowest BCUT2D eigenvalue weighted by molar-refractivity contribution is 0.568. The van der Waals surface area contributed by atoms with E-state index in [2.05, 4.69) is 9.71 Å². The SMILES string of the molecule is O=S(=O)(Cc1ccc(F)c(Cl)c1)NCc1ncccc1F. The third-order valence-electron chi connectivity index (χ3n) is 2.63. The van der Waals surface area contributed by atoms with Crippen molar-refractivity contribution in [2.24, 2.45) is 0 Å². The van der Waals surface area contributed by atoms with Crippen molar-refractivity contribution >= 4 is 21.6 Å². The highest BCUT2D eigenvalue weighted by Crippen LogP contribution is 2.17. The fraction of sp³-hybridized carbons (Fsp3) is 0.154. The van der Waals surface area contributed by atoms with Crippen molar-refractivity contribution < 1.29 is 17.2 Å². The number of rotatable bonds is 5. The van der Waals surface area contributed by atoms with E-state index in [0.717, 1.165) is 6.07 Å². The van der Waals surface area contributed by atoms with Crippen LogP contribution in [0, 0.1) is 11.6 Å². The third kappa shape index (κ3) is 4.45. The maximum absolute atomic E-state index is 13.3. The molecule has 0 amide bonds. The van der Waals surface area contributed by atoms with Gasteiger partial charge in [-0.2, -0.15) is 0 Å². The standard InChI is InChI=1S/C13H11ClF2N2O2S/c14-10-6-9(3-4-11(10)15)8-21(19,20)18-7-13-12(16)2-1-5-17-13/h1-6,18H,7-8H2. The van der Waals surface area contributed by atoms with Crippen LogP contribution in [-0.4, -0.2) is 13.4 Å². The molecule has 21 heavy (non-hydrogen) atoms. The molecule has 2 aromatic rings. The zero-order valence-electron chi connectivity index (χ0n) is 10.7. The maximum Gasteiger partial charge on any atom is 0.216 e. The van der Waals surface area contributed by atoms with Gasteiger partial charge in [-0.05, 0) is 29.8 Å². The average Bonchev–Trinajstić information content (AvgIpc) is 2.42. The van der Waals surface area contributed by atoms with Crippen LogP contribution in [0.25, 0.3) is 0 Å². The fourth-order valence-corrected chi connectivity index (χ4v) is 2.91. The van der Waals surface area contributed by atoms with Gasteiger partial charge in [-0.3, -0.25) is 4.98 Å². The Morgan fingerprint density at radius 1 is 1.19 bits per heavy atom. The van der Waals surface area contributed by atoms with Crippen LogP contribution in [0.15, 0.2) is 36.5 Å². The highest BCUT2D eigenvalue weighted by molar-refractivity contribution is 7.88. The molecule has 112 valence electrons. The number of hydrogen-bond donors (Lipinski definition) is 1. The van der Waals surface area contributed by atoms with Crippen molar-refractivity contribution in [3.8, 4) is 0 Å². The summed E-state index contributed by atoms with van der Waals surface area (Å²) in [7, 11) is -3.72. The Morgan fingerprint density at radius 3 is 2.62 bits per heavy atom. The van der Waals surface area contributed by atoms with Crippen LogP contribution >= 0.6 is 11.6 Å². The van der Waals surface area contributed by atoms with Crippen LogP contribution < -0.4 is 4.72 Å². The van der Waals surface area contributed by atoms with Crippen LogP contribution in [0.5, 0.6) is 0 Å². The second-order valence-electron chi connectivity index (χ2n) is 4.26. The van der Waals surface area contributed by atoms with Gasteiger partial charge in [-0.1, -0.05) is 17.7 Å². The normalized spacial score (nSPS) is 11.6. The summed E-state index contributed by atoms with van der Waals surface area (Å²) in [6.45, 7) is -0.260. The van der Waals surface area contributed by atoms with Crippen molar-refractivity contribution in [1.82, 2.24) is 9.71 Å². The summed E-state index contributed by atoms with van der Waals surface area (Å²) >= 11 is 5.59. The molecule has 1 heterocycles. The third-order valence-corrected chi connectivity index (χ3v) is 4.22. The van der Waals surface area contributed by atoms with Gasteiger partial charge in [0, 0.05) is 6.20 Å². The van der Waals surface area contributed by atoms with E-state index < -0.39 is 21.7 Å². The summed E-state index contributed by atoms with van der Waals surface area (Å²) in [5.74, 6) is -1.60. The Kier molecular flexibility index (Phi) is 4.87. The minimum atomic E-state index is -3.72. The number of pyridine rings is 1. The number of benzene rings is 1. The summed E-state index contributed by atoms with van der Waals surface area (Å²) in [6.07, 6.45) is 1.37. The Balaban J connectivity index is 2.05. The van der Waals surface area contributed by atoms with Crippen molar-refractivity contribution in [2.75, 3.05) is 0 Å². The van der Waals surface area contributed by atoms with Gasteiger partial charge >= 0.3 is 0 Å². The molecule has 0 spiro atoms. The number of hydrogen-bond acceptors (Lipinski definition) is 3. The lowest BCUT2D eigenvalue weighted by Crippen LogP contribution is -2.25. The molecule has 1 N–H and O–H groups in total. The van der Waals surface area contributed by atoms with E-state index in [0.29, 0.717) is 5.56 Å². The molecule has 0 atom stereocenters. The van der Waals surface area contributed by atoms with Crippen molar-refractivity contribution in [3.63, 3.8) is 0 Å². The number of sulfonamides is 1. The Bertz CT molecular complexity index is 754. The first-order valence-corrected chi connectivity index (χ1v) is 7.91. The molecule has 0 saturated heterocycles. The molecule has 0 saturated carbocycles. The first kappa shape index (κ1) is 15.8. The summed E-state index contributed by atoms with van der Waals surface area (Å²) in [6, 6.07) is 6.25. The van der Waals surface area contributed by atoms with Gasteiger partial charge in [0.05, 0.1) is 23.0 Å². The molecule has 2 rings (SSSR count). The van der Waals surface area contributed by atoms with Gasteiger partial charge in [0.2, 0.25) is 10.0 Å². The van der Waals surface area contributed by atoms with Crippen molar-refractivity contribution in [2.45, 2.75) is 12.3 Å². The van der Waals surface area contributed by atoms with Crippen molar-refractivity contribution in [1.29, 1.82) is 0 Å².